The molecule has 0 aliphatic carbocycles. The summed E-state index contributed by atoms with van der Waals surface area (Å²) in [6, 6.07) is -0.473. The molecular weight excluding hydrogens is 202 g/mol. The summed E-state index contributed by atoms with van der Waals surface area (Å²) in [6.45, 7) is 2.29. The molecule has 1 atom stereocenters. The van der Waals surface area contributed by atoms with E-state index in [9.17, 15) is 4.79 Å². The van der Waals surface area contributed by atoms with Crippen molar-refractivity contribution in [2.75, 3.05) is 6.54 Å². The third-order valence-corrected chi connectivity index (χ3v) is 2.08. The van der Waals surface area contributed by atoms with Crippen molar-refractivity contribution in [3.63, 3.8) is 0 Å². The fraction of sp³-hybridized carbons (Fsp3) is 0.750. The Hall–Kier alpha value is -0.590. The number of hydrogen-bond donors (Lipinski definition) is 4. The van der Waals surface area contributed by atoms with Crippen molar-refractivity contribution < 1.29 is 10.0 Å². The van der Waals surface area contributed by atoms with E-state index in [0.29, 0.717) is 18.8 Å². The van der Waals surface area contributed by atoms with Crippen LogP contribution in [-0.4, -0.2) is 28.7 Å². The molecule has 0 aromatic rings. The van der Waals surface area contributed by atoms with Crippen molar-refractivity contribution in [2.24, 2.45) is 10.7 Å². The van der Waals surface area contributed by atoms with Crippen LogP contribution in [0, 0.1) is 0 Å². The standard InChI is InChI=1S/C8H17N3O2S/c1-6(11-13)10-5-3-2-4-7(9)8(12)14/h7,13H,2-5,9H2,1H3,(H,10,11)(H,12,14)/t7-/m0/s1. The van der Waals surface area contributed by atoms with E-state index < -0.39 is 6.04 Å². The van der Waals surface area contributed by atoms with Crippen LogP contribution in [0.4, 0.5) is 0 Å². The van der Waals surface area contributed by atoms with Crippen molar-refractivity contribution >= 4 is 23.6 Å². The number of carbonyl (C=O) groups excluding carboxylic acids is 1. The first-order valence-corrected chi connectivity index (χ1v) is 4.92. The summed E-state index contributed by atoms with van der Waals surface area (Å²) in [5.41, 5.74) is 7.41. The average molecular weight is 219 g/mol. The summed E-state index contributed by atoms with van der Waals surface area (Å²) in [5.74, 6) is 0.486. The van der Waals surface area contributed by atoms with Gasteiger partial charge in [-0.2, -0.15) is 0 Å². The zero-order valence-electron chi connectivity index (χ0n) is 8.23. The van der Waals surface area contributed by atoms with Gasteiger partial charge in [0.2, 0.25) is 5.12 Å². The van der Waals surface area contributed by atoms with Gasteiger partial charge in [-0.3, -0.25) is 20.5 Å². The van der Waals surface area contributed by atoms with Crippen molar-refractivity contribution in [3.8, 4) is 0 Å². The highest BCUT2D eigenvalue weighted by molar-refractivity contribution is 7.96. The molecule has 0 aliphatic heterocycles. The molecule has 82 valence electrons. The maximum absolute atomic E-state index is 10.6. The molecule has 0 rings (SSSR count). The molecule has 0 fully saturated rings. The minimum absolute atomic E-state index is 0.276. The van der Waals surface area contributed by atoms with Gasteiger partial charge in [-0.15, -0.1) is 12.6 Å². The predicted molar refractivity (Wildman–Crippen MR) is 58.7 cm³/mol. The molecule has 0 spiro atoms. The third kappa shape index (κ3) is 6.88. The van der Waals surface area contributed by atoms with Crippen LogP contribution < -0.4 is 11.2 Å². The zero-order chi connectivity index (χ0) is 11.0. The van der Waals surface area contributed by atoms with E-state index in [1.807, 2.05) is 5.48 Å². The number of hydrogen-bond acceptors (Lipinski definition) is 4. The largest absolute Gasteiger partial charge is 0.321 e. The van der Waals surface area contributed by atoms with E-state index in [1.54, 1.807) is 6.92 Å². The first kappa shape index (κ1) is 13.4. The fourth-order valence-electron chi connectivity index (χ4n) is 0.882. The zero-order valence-corrected chi connectivity index (χ0v) is 9.13. The van der Waals surface area contributed by atoms with Crippen molar-refractivity contribution in [1.29, 1.82) is 0 Å². The number of nitrogens with one attached hydrogen (secondary N) is 1. The van der Waals surface area contributed by atoms with Gasteiger partial charge >= 0.3 is 0 Å². The molecular formula is C8H17N3O2S. The number of rotatable bonds is 6. The lowest BCUT2D eigenvalue weighted by Gasteiger charge is -2.05. The van der Waals surface area contributed by atoms with E-state index >= 15 is 0 Å². The second-order valence-corrected chi connectivity index (χ2v) is 3.46. The number of unbranched alkanes of at least 4 members (excludes halogenated alkanes) is 1. The monoisotopic (exact) mass is 219 g/mol. The van der Waals surface area contributed by atoms with Gasteiger partial charge in [-0.05, 0) is 26.2 Å². The number of hydroxylamine groups is 1. The summed E-state index contributed by atoms with van der Waals surface area (Å²) < 4.78 is 0. The molecule has 0 saturated heterocycles. The molecule has 0 saturated carbocycles. The van der Waals surface area contributed by atoms with Crippen molar-refractivity contribution in [1.82, 2.24) is 5.48 Å². The van der Waals surface area contributed by atoms with Crippen LogP contribution in [-0.2, 0) is 4.79 Å². The fourth-order valence-corrected chi connectivity index (χ4v) is 1.01. The van der Waals surface area contributed by atoms with E-state index in [2.05, 4.69) is 17.6 Å². The molecule has 0 aromatic heterocycles. The van der Waals surface area contributed by atoms with Crippen molar-refractivity contribution in [2.45, 2.75) is 32.2 Å². The SMILES string of the molecule is CC(=NCCCC[C@H](N)C(=O)S)NO. The Balaban J connectivity index is 3.43. The smallest absolute Gasteiger partial charge is 0.202 e. The second kappa shape index (κ2) is 7.78. The van der Waals surface area contributed by atoms with Gasteiger partial charge in [-0.1, -0.05) is 0 Å². The first-order chi connectivity index (χ1) is 6.57. The highest BCUT2D eigenvalue weighted by atomic mass is 32.1. The van der Waals surface area contributed by atoms with E-state index in [1.165, 1.54) is 0 Å². The first-order valence-electron chi connectivity index (χ1n) is 4.47. The molecule has 0 heterocycles. The topological polar surface area (TPSA) is 87.7 Å². The predicted octanol–water partition coefficient (Wildman–Crippen LogP) is 0.338. The Labute approximate surface area is 89.1 Å². The van der Waals surface area contributed by atoms with Gasteiger partial charge in [0.25, 0.3) is 0 Å². The minimum Gasteiger partial charge on any atom is -0.321 e. The van der Waals surface area contributed by atoms with Crippen LogP contribution in [0.2, 0.25) is 0 Å². The molecule has 0 amide bonds. The van der Waals surface area contributed by atoms with Gasteiger partial charge in [0.15, 0.2) is 0 Å². The Morgan fingerprint density at radius 2 is 2.29 bits per heavy atom. The van der Waals surface area contributed by atoms with Crippen LogP contribution in [0.5, 0.6) is 0 Å². The molecule has 0 aromatic carbocycles. The Morgan fingerprint density at radius 3 is 2.79 bits per heavy atom. The van der Waals surface area contributed by atoms with Gasteiger partial charge in [0.1, 0.15) is 5.84 Å². The molecule has 4 N–H and O–H groups in total. The number of amidine groups is 1. The molecule has 6 heteroatoms. The summed E-state index contributed by atoms with van der Waals surface area (Å²) in [7, 11) is 0. The summed E-state index contributed by atoms with van der Waals surface area (Å²) in [5, 5.41) is 8.12. The molecule has 0 unspecified atom stereocenters. The molecule has 14 heavy (non-hydrogen) atoms. The maximum atomic E-state index is 10.6. The maximum Gasteiger partial charge on any atom is 0.202 e. The molecule has 0 bridgehead atoms. The number of nitrogens with zero attached hydrogens (tertiary/aromatic N) is 1. The Kier molecular flexibility index (Phi) is 7.45. The van der Waals surface area contributed by atoms with Crippen LogP contribution in [0.3, 0.4) is 0 Å². The normalized spacial score (nSPS) is 13.9. The third-order valence-electron chi connectivity index (χ3n) is 1.75. The number of nitrogens with two attached hydrogens (primary N) is 1. The van der Waals surface area contributed by atoms with Gasteiger partial charge in [-0.25, -0.2) is 0 Å². The van der Waals surface area contributed by atoms with Crippen LogP contribution in [0.15, 0.2) is 4.99 Å². The Morgan fingerprint density at radius 1 is 1.64 bits per heavy atom. The van der Waals surface area contributed by atoms with Crippen LogP contribution >= 0.6 is 12.6 Å². The molecule has 0 radical (unpaired) electrons. The summed E-state index contributed by atoms with van der Waals surface area (Å²) >= 11 is 3.63. The lowest BCUT2D eigenvalue weighted by Crippen LogP contribution is -2.26. The van der Waals surface area contributed by atoms with E-state index in [0.717, 1.165) is 12.8 Å². The molecule has 5 nitrogen and oxygen atoms in total. The lowest BCUT2D eigenvalue weighted by atomic mass is 10.1. The quantitative estimate of drug-likeness (QED) is 0.170. The van der Waals surface area contributed by atoms with Crippen LogP contribution in [0.25, 0.3) is 0 Å². The van der Waals surface area contributed by atoms with Gasteiger partial charge < -0.3 is 5.73 Å². The highest BCUT2D eigenvalue weighted by Crippen LogP contribution is 2.01. The lowest BCUT2D eigenvalue weighted by molar-refractivity contribution is -0.112. The summed E-state index contributed by atoms with van der Waals surface area (Å²) in [6.07, 6.45) is 2.30. The number of carbonyl (C=O) groups is 1. The number of thiol groups is 1. The Bertz CT molecular complexity index is 209. The average Bonchev–Trinajstić information content (AvgIpc) is 2.16. The summed E-state index contributed by atoms with van der Waals surface area (Å²) in [4.78, 5) is 14.6. The minimum atomic E-state index is -0.473. The van der Waals surface area contributed by atoms with Gasteiger partial charge in [0.05, 0.1) is 6.04 Å². The van der Waals surface area contributed by atoms with E-state index in [-0.39, 0.29) is 5.12 Å². The molecule has 0 aliphatic rings. The second-order valence-electron chi connectivity index (χ2n) is 3.02. The van der Waals surface area contributed by atoms with Gasteiger partial charge in [0, 0.05) is 6.54 Å². The van der Waals surface area contributed by atoms with Crippen molar-refractivity contribution in [3.05, 3.63) is 0 Å². The highest BCUT2D eigenvalue weighted by Gasteiger charge is 2.07. The number of aliphatic imine (C=N–C) groups is 1. The van der Waals surface area contributed by atoms with Crippen LogP contribution in [0.1, 0.15) is 26.2 Å². The van der Waals surface area contributed by atoms with E-state index in [4.69, 9.17) is 10.9 Å².